The topological polar surface area (TPSA) is 66.5 Å². The minimum absolute atomic E-state index is 0.170. The average molecular weight is 361 g/mol. The van der Waals surface area contributed by atoms with Crippen LogP contribution in [0.1, 0.15) is 5.56 Å². The highest BCUT2D eigenvalue weighted by molar-refractivity contribution is 6.39. The fraction of sp³-hybridized carbons (Fsp3) is 0. The molecule has 120 valence electrons. The summed E-state index contributed by atoms with van der Waals surface area (Å²) in [7, 11) is 0. The zero-order valence-electron chi connectivity index (χ0n) is 12.1. The van der Waals surface area contributed by atoms with Crippen molar-refractivity contribution in [3.05, 3.63) is 69.7 Å². The predicted octanol–water partition coefficient (Wildman–Crippen LogP) is 3.66. The number of benzene rings is 2. The molecule has 2 aromatic carbocycles. The summed E-state index contributed by atoms with van der Waals surface area (Å²) in [6.45, 7) is 0. The second-order valence-corrected chi connectivity index (χ2v) is 5.87. The smallest absolute Gasteiger partial charge is 0.273 e. The Kier molecular flexibility index (Phi) is 4.38. The van der Waals surface area contributed by atoms with Gasteiger partial charge >= 0.3 is 6.03 Å². The fourth-order valence-electron chi connectivity index (χ4n) is 2.27. The average Bonchev–Trinajstić information content (AvgIpc) is 2.51. The number of imide groups is 2. The summed E-state index contributed by atoms with van der Waals surface area (Å²) in [5.74, 6) is -1.49. The van der Waals surface area contributed by atoms with Gasteiger partial charge in [-0.1, -0.05) is 41.4 Å². The molecule has 0 bridgehead atoms. The molecule has 1 N–H and O–H groups in total. The van der Waals surface area contributed by atoms with E-state index in [1.165, 1.54) is 12.1 Å². The maximum Gasteiger partial charge on any atom is 0.335 e. The molecule has 5 nitrogen and oxygen atoms in total. The Morgan fingerprint density at radius 3 is 2.25 bits per heavy atom. The van der Waals surface area contributed by atoms with E-state index >= 15 is 0 Å². The molecular weight excluding hydrogens is 351 g/mol. The standard InChI is InChI=1S/C17H10Cl2N2O3/c18-11-4-1-3-10(7-11)8-14-15(22)20-17(24)21(16(14)23)13-6-2-5-12(19)9-13/h1-9H,(H,20,22,24)/b14-8+. The summed E-state index contributed by atoms with van der Waals surface area (Å²) in [6, 6.07) is 12.1. The quantitative estimate of drug-likeness (QED) is 0.656. The Morgan fingerprint density at radius 1 is 0.917 bits per heavy atom. The molecule has 0 unspecified atom stereocenters. The van der Waals surface area contributed by atoms with Crippen molar-refractivity contribution in [1.82, 2.24) is 5.32 Å². The fourth-order valence-corrected chi connectivity index (χ4v) is 2.65. The number of nitrogens with one attached hydrogen (secondary N) is 1. The predicted molar refractivity (Wildman–Crippen MR) is 91.9 cm³/mol. The summed E-state index contributed by atoms with van der Waals surface area (Å²) < 4.78 is 0. The van der Waals surface area contributed by atoms with Crippen LogP contribution in [0.15, 0.2) is 54.1 Å². The minimum Gasteiger partial charge on any atom is -0.273 e. The van der Waals surface area contributed by atoms with Crippen LogP contribution in [0, 0.1) is 0 Å². The van der Waals surface area contributed by atoms with Gasteiger partial charge in [-0.05, 0) is 42.0 Å². The second kappa shape index (κ2) is 6.47. The lowest BCUT2D eigenvalue weighted by Gasteiger charge is -2.26. The van der Waals surface area contributed by atoms with Crippen molar-refractivity contribution in [1.29, 1.82) is 0 Å². The summed E-state index contributed by atoms with van der Waals surface area (Å²) in [5, 5.41) is 2.98. The van der Waals surface area contributed by atoms with Gasteiger partial charge in [0.05, 0.1) is 5.69 Å². The highest BCUT2D eigenvalue weighted by Gasteiger charge is 2.36. The molecule has 0 atom stereocenters. The molecule has 1 fully saturated rings. The van der Waals surface area contributed by atoms with Gasteiger partial charge in [0.15, 0.2) is 0 Å². The number of urea groups is 1. The highest BCUT2D eigenvalue weighted by Crippen LogP contribution is 2.24. The van der Waals surface area contributed by atoms with Crippen molar-refractivity contribution < 1.29 is 14.4 Å². The Balaban J connectivity index is 2.03. The van der Waals surface area contributed by atoms with Gasteiger partial charge in [0, 0.05) is 10.0 Å². The van der Waals surface area contributed by atoms with Gasteiger partial charge in [-0.15, -0.1) is 0 Å². The van der Waals surface area contributed by atoms with Crippen molar-refractivity contribution in [2.75, 3.05) is 4.90 Å². The number of halogens is 2. The van der Waals surface area contributed by atoms with Crippen LogP contribution in [-0.2, 0) is 9.59 Å². The van der Waals surface area contributed by atoms with Gasteiger partial charge in [0.2, 0.25) is 0 Å². The van der Waals surface area contributed by atoms with E-state index in [2.05, 4.69) is 5.32 Å². The third kappa shape index (κ3) is 3.18. The van der Waals surface area contributed by atoms with Crippen LogP contribution in [0.25, 0.3) is 6.08 Å². The minimum atomic E-state index is -0.824. The van der Waals surface area contributed by atoms with E-state index in [0.29, 0.717) is 15.6 Å². The van der Waals surface area contributed by atoms with Crippen molar-refractivity contribution in [3.8, 4) is 0 Å². The summed E-state index contributed by atoms with van der Waals surface area (Å²) in [6.07, 6.45) is 1.38. The van der Waals surface area contributed by atoms with Gasteiger partial charge in [0.25, 0.3) is 11.8 Å². The normalized spacial score (nSPS) is 16.5. The number of barbiturate groups is 1. The number of anilines is 1. The molecule has 1 aliphatic rings. The van der Waals surface area contributed by atoms with E-state index in [1.54, 1.807) is 42.5 Å². The largest absolute Gasteiger partial charge is 0.335 e. The Bertz CT molecular complexity index is 893. The molecular formula is C17H10Cl2N2O3. The van der Waals surface area contributed by atoms with E-state index in [4.69, 9.17) is 23.2 Å². The maximum atomic E-state index is 12.6. The van der Waals surface area contributed by atoms with Crippen molar-refractivity contribution >= 4 is 52.8 Å². The maximum absolute atomic E-state index is 12.6. The third-order valence-electron chi connectivity index (χ3n) is 3.33. The van der Waals surface area contributed by atoms with E-state index in [9.17, 15) is 14.4 Å². The van der Waals surface area contributed by atoms with Crippen LogP contribution in [0.3, 0.4) is 0 Å². The zero-order chi connectivity index (χ0) is 17.3. The van der Waals surface area contributed by atoms with E-state index < -0.39 is 17.8 Å². The van der Waals surface area contributed by atoms with Gasteiger partial charge < -0.3 is 0 Å². The molecule has 7 heteroatoms. The first kappa shape index (κ1) is 16.2. The van der Waals surface area contributed by atoms with Gasteiger partial charge in [-0.3, -0.25) is 14.9 Å². The Labute approximate surface area is 147 Å². The molecule has 0 radical (unpaired) electrons. The second-order valence-electron chi connectivity index (χ2n) is 4.99. The molecule has 0 saturated carbocycles. The van der Waals surface area contributed by atoms with E-state index in [-0.39, 0.29) is 11.3 Å². The van der Waals surface area contributed by atoms with E-state index in [0.717, 1.165) is 4.90 Å². The number of carbonyl (C=O) groups excluding carboxylic acids is 3. The van der Waals surface area contributed by atoms with Crippen LogP contribution in [0.4, 0.5) is 10.5 Å². The van der Waals surface area contributed by atoms with Crippen LogP contribution in [0.5, 0.6) is 0 Å². The summed E-state index contributed by atoms with van der Waals surface area (Å²) in [4.78, 5) is 37.6. The van der Waals surface area contributed by atoms with Gasteiger partial charge in [0.1, 0.15) is 5.57 Å². The molecule has 2 aromatic rings. The Hall–Kier alpha value is -2.63. The molecule has 0 spiro atoms. The lowest BCUT2D eigenvalue weighted by atomic mass is 10.1. The lowest BCUT2D eigenvalue weighted by Crippen LogP contribution is -2.54. The number of hydrogen-bond donors (Lipinski definition) is 1. The number of amides is 4. The first-order chi connectivity index (χ1) is 11.5. The molecule has 1 heterocycles. The van der Waals surface area contributed by atoms with Gasteiger partial charge in [-0.2, -0.15) is 0 Å². The van der Waals surface area contributed by atoms with Crippen molar-refractivity contribution in [3.63, 3.8) is 0 Å². The molecule has 24 heavy (non-hydrogen) atoms. The first-order valence-corrected chi connectivity index (χ1v) is 7.64. The Morgan fingerprint density at radius 2 is 1.58 bits per heavy atom. The van der Waals surface area contributed by atoms with Gasteiger partial charge in [-0.25, -0.2) is 9.69 Å². The lowest BCUT2D eigenvalue weighted by molar-refractivity contribution is -0.122. The molecule has 1 aliphatic heterocycles. The number of carbonyl (C=O) groups is 3. The number of hydrogen-bond acceptors (Lipinski definition) is 3. The number of nitrogens with zero attached hydrogens (tertiary/aromatic N) is 1. The zero-order valence-corrected chi connectivity index (χ0v) is 13.6. The first-order valence-electron chi connectivity index (χ1n) is 6.88. The van der Waals surface area contributed by atoms with Crippen LogP contribution in [0.2, 0.25) is 10.0 Å². The highest BCUT2D eigenvalue weighted by atomic mass is 35.5. The summed E-state index contributed by atoms with van der Waals surface area (Å²) in [5.41, 5.74) is 0.674. The van der Waals surface area contributed by atoms with E-state index in [1.807, 2.05) is 0 Å². The summed E-state index contributed by atoms with van der Waals surface area (Å²) >= 11 is 11.8. The third-order valence-corrected chi connectivity index (χ3v) is 3.80. The van der Waals surface area contributed by atoms with Crippen LogP contribution < -0.4 is 10.2 Å². The van der Waals surface area contributed by atoms with Crippen LogP contribution >= 0.6 is 23.2 Å². The monoisotopic (exact) mass is 360 g/mol. The van der Waals surface area contributed by atoms with Crippen LogP contribution in [-0.4, -0.2) is 17.8 Å². The molecule has 1 saturated heterocycles. The van der Waals surface area contributed by atoms with Crippen molar-refractivity contribution in [2.24, 2.45) is 0 Å². The molecule has 0 aromatic heterocycles. The molecule has 0 aliphatic carbocycles. The number of rotatable bonds is 2. The SMILES string of the molecule is O=C1NC(=O)N(c2cccc(Cl)c2)C(=O)/C1=C/c1cccc(Cl)c1. The molecule has 3 rings (SSSR count). The van der Waals surface area contributed by atoms with Crippen molar-refractivity contribution in [2.45, 2.75) is 0 Å². The molecule has 4 amide bonds.